The molecule has 0 aromatic carbocycles. The van der Waals surface area contributed by atoms with E-state index in [1.54, 1.807) is 6.92 Å². The molecule has 100 valence electrons. The summed E-state index contributed by atoms with van der Waals surface area (Å²) in [7, 11) is 1.51. The van der Waals surface area contributed by atoms with Crippen molar-refractivity contribution in [2.24, 2.45) is 11.7 Å². The van der Waals surface area contributed by atoms with Gasteiger partial charge in [-0.2, -0.15) is 0 Å². The smallest absolute Gasteiger partial charge is 0.358 e. The Bertz CT molecular complexity index is 443. The quantitative estimate of drug-likeness (QED) is 0.664. The average Bonchev–Trinajstić information content (AvgIpc) is 2.69. The lowest BCUT2D eigenvalue weighted by Crippen LogP contribution is -2.26. The second-order valence-corrected chi connectivity index (χ2v) is 3.92. The molecule has 1 heterocycles. The molecule has 0 bridgehead atoms. The van der Waals surface area contributed by atoms with Gasteiger partial charge in [0, 0.05) is 13.5 Å². The van der Waals surface area contributed by atoms with Crippen LogP contribution in [0.1, 0.15) is 23.1 Å². The van der Waals surface area contributed by atoms with Crippen molar-refractivity contribution in [3.05, 3.63) is 11.4 Å². The van der Waals surface area contributed by atoms with Crippen molar-refractivity contribution in [1.82, 2.24) is 15.0 Å². The summed E-state index contributed by atoms with van der Waals surface area (Å²) in [6, 6.07) is 0. The molecule has 0 aliphatic carbocycles. The maximum atomic E-state index is 11.0. The van der Waals surface area contributed by atoms with Crippen LogP contribution in [-0.4, -0.2) is 45.7 Å². The maximum Gasteiger partial charge on any atom is 0.358 e. The van der Waals surface area contributed by atoms with Crippen LogP contribution in [0.4, 0.5) is 0 Å². The first-order valence-electron chi connectivity index (χ1n) is 5.41. The van der Waals surface area contributed by atoms with Crippen LogP contribution < -0.4 is 5.73 Å². The minimum Gasteiger partial charge on any atom is -0.476 e. The molecule has 18 heavy (non-hydrogen) atoms. The SMILES string of the molecule is COCCc1c(C(=O)O)nnn1CC(C)C(N)=O. The van der Waals surface area contributed by atoms with Crippen molar-refractivity contribution >= 4 is 11.9 Å². The Kier molecular flexibility index (Phi) is 4.78. The molecule has 0 aliphatic rings. The van der Waals surface area contributed by atoms with Crippen molar-refractivity contribution in [1.29, 1.82) is 0 Å². The number of amides is 1. The van der Waals surface area contributed by atoms with E-state index < -0.39 is 17.8 Å². The van der Waals surface area contributed by atoms with Gasteiger partial charge in [0.15, 0.2) is 5.69 Å². The topological polar surface area (TPSA) is 120 Å². The molecular formula is C10H16N4O4. The van der Waals surface area contributed by atoms with Gasteiger partial charge < -0.3 is 15.6 Å². The van der Waals surface area contributed by atoms with E-state index in [9.17, 15) is 9.59 Å². The highest BCUT2D eigenvalue weighted by Gasteiger charge is 2.20. The zero-order chi connectivity index (χ0) is 13.7. The van der Waals surface area contributed by atoms with Crippen molar-refractivity contribution < 1.29 is 19.4 Å². The second-order valence-electron chi connectivity index (χ2n) is 3.92. The van der Waals surface area contributed by atoms with Gasteiger partial charge in [-0.3, -0.25) is 4.79 Å². The predicted octanol–water partition coefficient (Wildman–Crippen LogP) is -0.713. The maximum absolute atomic E-state index is 11.0. The third kappa shape index (κ3) is 3.27. The molecule has 0 saturated carbocycles. The normalized spacial score (nSPS) is 12.3. The summed E-state index contributed by atoms with van der Waals surface area (Å²) < 4.78 is 6.29. The van der Waals surface area contributed by atoms with Gasteiger partial charge in [-0.1, -0.05) is 12.1 Å². The van der Waals surface area contributed by atoms with E-state index in [4.69, 9.17) is 15.6 Å². The second kappa shape index (κ2) is 6.10. The van der Waals surface area contributed by atoms with Gasteiger partial charge in [0.2, 0.25) is 5.91 Å². The predicted molar refractivity (Wildman–Crippen MR) is 60.9 cm³/mol. The lowest BCUT2D eigenvalue weighted by atomic mass is 10.1. The molecule has 1 amide bonds. The van der Waals surface area contributed by atoms with Crippen LogP contribution in [0.3, 0.4) is 0 Å². The average molecular weight is 256 g/mol. The summed E-state index contributed by atoms with van der Waals surface area (Å²) in [6.07, 6.45) is 0.358. The molecule has 8 heteroatoms. The van der Waals surface area contributed by atoms with Crippen LogP contribution in [0.25, 0.3) is 0 Å². The molecule has 1 unspecified atom stereocenters. The lowest BCUT2D eigenvalue weighted by Gasteiger charge is -2.10. The Labute approximate surface area is 104 Å². The number of aromatic nitrogens is 3. The molecule has 1 atom stereocenters. The van der Waals surface area contributed by atoms with Crippen molar-refractivity contribution in [2.45, 2.75) is 19.9 Å². The van der Waals surface area contributed by atoms with E-state index in [0.717, 1.165) is 0 Å². The molecule has 0 spiro atoms. The van der Waals surface area contributed by atoms with Crippen LogP contribution in [0.15, 0.2) is 0 Å². The summed E-state index contributed by atoms with van der Waals surface area (Å²) in [5.74, 6) is -2.08. The van der Waals surface area contributed by atoms with Gasteiger partial charge in [0.1, 0.15) is 0 Å². The summed E-state index contributed by atoms with van der Waals surface area (Å²) in [6.45, 7) is 2.19. The van der Waals surface area contributed by atoms with Gasteiger partial charge in [-0.25, -0.2) is 9.48 Å². The molecule has 1 aromatic rings. The molecule has 0 fully saturated rings. The number of hydrogen-bond donors (Lipinski definition) is 2. The Morgan fingerprint density at radius 1 is 1.56 bits per heavy atom. The Morgan fingerprint density at radius 2 is 2.22 bits per heavy atom. The number of aromatic carboxylic acids is 1. The van der Waals surface area contributed by atoms with Crippen molar-refractivity contribution in [3.63, 3.8) is 0 Å². The van der Waals surface area contributed by atoms with E-state index in [0.29, 0.717) is 18.7 Å². The first-order chi connectivity index (χ1) is 8.47. The summed E-state index contributed by atoms with van der Waals surface area (Å²) in [5, 5.41) is 16.3. The van der Waals surface area contributed by atoms with E-state index in [1.165, 1.54) is 11.8 Å². The standard InChI is InChI=1S/C10H16N4O4/c1-6(9(11)15)5-14-7(3-4-18-2)8(10(16)17)12-13-14/h6H,3-5H2,1-2H3,(H2,11,15)(H,16,17). The first kappa shape index (κ1) is 14.1. The Balaban J connectivity index is 2.96. The number of methoxy groups -OCH3 is 1. The van der Waals surface area contributed by atoms with Gasteiger partial charge >= 0.3 is 5.97 Å². The highest BCUT2D eigenvalue weighted by atomic mass is 16.5. The van der Waals surface area contributed by atoms with Crippen LogP contribution >= 0.6 is 0 Å². The van der Waals surface area contributed by atoms with Crippen LogP contribution in [-0.2, 0) is 22.5 Å². The van der Waals surface area contributed by atoms with Gasteiger partial charge in [-0.15, -0.1) is 5.10 Å². The van der Waals surface area contributed by atoms with Crippen LogP contribution in [0.2, 0.25) is 0 Å². The molecule has 0 aliphatic heterocycles. The number of nitrogens with zero attached hydrogens (tertiary/aromatic N) is 3. The van der Waals surface area contributed by atoms with E-state index >= 15 is 0 Å². The molecule has 1 rings (SSSR count). The van der Waals surface area contributed by atoms with Crippen LogP contribution in [0.5, 0.6) is 0 Å². The fraction of sp³-hybridized carbons (Fsp3) is 0.600. The third-order valence-corrected chi connectivity index (χ3v) is 2.52. The van der Waals surface area contributed by atoms with Crippen molar-refractivity contribution in [2.75, 3.05) is 13.7 Å². The highest BCUT2D eigenvalue weighted by Crippen LogP contribution is 2.09. The van der Waals surface area contributed by atoms with Gasteiger partial charge in [0.05, 0.1) is 24.8 Å². The number of primary amides is 1. The minimum absolute atomic E-state index is 0.122. The minimum atomic E-state index is -1.15. The number of carbonyl (C=O) groups is 2. The van der Waals surface area contributed by atoms with E-state index in [-0.39, 0.29) is 12.2 Å². The summed E-state index contributed by atoms with van der Waals surface area (Å²) >= 11 is 0. The highest BCUT2D eigenvalue weighted by molar-refractivity contribution is 5.86. The number of carboxylic acid groups (broad SMARTS) is 1. The summed E-state index contributed by atoms with van der Waals surface area (Å²) in [4.78, 5) is 22.0. The molecule has 8 nitrogen and oxygen atoms in total. The Hall–Kier alpha value is -1.96. The zero-order valence-electron chi connectivity index (χ0n) is 10.3. The number of rotatable bonds is 7. The van der Waals surface area contributed by atoms with E-state index in [1.807, 2.05) is 0 Å². The number of nitrogens with two attached hydrogens (primary N) is 1. The third-order valence-electron chi connectivity index (χ3n) is 2.52. The zero-order valence-corrected chi connectivity index (χ0v) is 10.3. The summed E-state index contributed by atoms with van der Waals surface area (Å²) in [5.41, 5.74) is 5.47. The first-order valence-corrected chi connectivity index (χ1v) is 5.41. The molecule has 0 saturated heterocycles. The van der Waals surface area contributed by atoms with Crippen LogP contribution in [0, 0.1) is 5.92 Å². The largest absolute Gasteiger partial charge is 0.476 e. The van der Waals surface area contributed by atoms with Crippen molar-refractivity contribution in [3.8, 4) is 0 Å². The lowest BCUT2D eigenvalue weighted by molar-refractivity contribution is -0.121. The molecule has 1 aromatic heterocycles. The van der Waals surface area contributed by atoms with E-state index in [2.05, 4.69) is 10.3 Å². The fourth-order valence-electron chi connectivity index (χ4n) is 1.44. The Morgan fingerprint density at radius 3 is 2.72 bits per heavy atom. The monoisotopic (exact) mass is 256 g/mol. The molecular weight excluding hydrogens is 240 g/mol. The molecule has 3 N–H and O–H groups in total. The number of carboxylic acids is 1. The van der Waals surface area contributed by atoms with Gasteiger partial charge in [0.25, 0.3) is 0 Å². The van der Waals surface area contributed by atoms with Gasteiger partial charge in [-0.05, 0) is 0 Å². The fourth-order valence-corrected chi connectivity index (χ4v) is 1.44. The molecule has 0 radical (unpaired) electrons. The number of hydrogen-bond acceptors (Lipinski definition) is 5. The number of ether oxygens (including phenoxy) is 1. The number of carbonyl (C=O) groups excluding carboxylic acids is 1.